The first-order chi connectivity index (χ1) is 8.97. The summed E-state index contributed by atoms with van der Waals surface area (Å²) < 4.78 is 0. The number of aryl methyl sites for hydroxylation is 3. The molecule has 0 bridgehead atoms. The van der Waals surface area contributed by atoms with Gasteiger partial charge >= 0.3 is 0 Å². The lowest BCUT2D eigenvalue weighted by Crippen LogP contribution is -2.36. The average Bonchev–Trinajstić information content (AvgIpc) is 2.34. The zero-order chi connectivity index (χ0) is 14.4. The summed E-state index contributed by atoms with van der Waals surface area (Å²) in [7, 11) is 0. The van der Waals surface area contributed by atoms with Crippen LogP contribution >= 0.6 is 12.4 Å². The third-order valence-corrected chi connectivity index (χ3v) is 3.56. The molecule has 0 radical (unpaired) electrons. The summed E-state index contributed by atoms with van der Waals surface area (Å²) in [4.78, 5) is 14.0. The normalized spacial score (nSPS) is 10.3. The summed E-state index contributed by atoms with van der Waals surface area (Å²) in [6.07, 6.45) is 0. The number of benzene rings is 1. The van der Waals surface area contributed by atoms with Crippen LogP contribution in [0.3, 0.4) is 0 Å². The van der Waals surface area contributed by atoms with Gasteiger partial charge in [0.05, 0.1) is 6.54 Å². The largest absolute Gasteiger partial charge is 0.351 e. The Kier molecular flexibility index (Phi) is 8.51. The quantitative estimate of drug-likeness (QED) is 0.875. The molecule has 20 heavy (non-hydrogen) atoms. The van der Waals surface area contributed by atoms with Crippen molar-refractivity contribution in [2.45, 2.75) is 41.2 Å². The van der Waals surface area contributed by atoms with E-state index < -0.39 is 0 Å². The second-order valence-electron chi connectivity index (χ2n) is 5.12. The number of nitrogens with zero attached hydrogens (tertiary/aromatic N) is 1. The first-order valence-electron chi connectivity index (χ1n) is 7.03. The van der Waals surface area contributed by atoms with Crippen LogP contribution in [0.25, 0.3) is 0 Å². The van der Waals surface area contributed by atoms with Crippen molar-refractivity contribution < 1.29 is 4.79 Å². The molecule has 1 N–H and O–H groups in total. The number of carbonyl (C=O) groups is 1. The first-order valence-corrected chi connectivity index (χ1v) is 7.03. The van der Waals surface area contributed by atoms with Crippen molar-refractivity contribution in [3.8, 4) is 0 Å². The van der Waals surface area contributed by atoms with E-state index in [1.54, 1.807) is 0 Å². The van der Waals surface area contributed by atoms with Crippen LogP contribution in [0, 0.1) is 20.8 Å². The molecule has 3 nitrogen and oxygen atoms in total. The number of rotatable bonds is 6. The van der Waals surface area contributed by atoms with Gasteiger partial charge < -0.3 is 5.32 Å². The lowest BCUT2D eigenvalue weighted by molar-refractivity contribution is -0.122. The highest BCUT2D eigenvalue weighted by Gasteiger charge is 2.09. The van der Waals surface area contributed by atoms with Crippen LogP contribution in [-0.4, -0.2) is 30.4 Å². The van der Waals surface area contributed by atoms with Crippen LogP contribution in [0.4, 0.5) is 0 Å². The third-order valence-electron chi connectivity index (χ3n) is 3.56. The lowest BCUT2D eigenvalue weighted by atomic mass is 10.00. The van der Waals surface area contributed by atoms with Crippen molar-refractivity contribution in [3.05, 3.63) is 34.4 Å². The highest BCUT2D eigenvalue weighted by Crippen LogP contribution is 2.15. The number of hydrogen-bond donors (Lipinski definition) is 1. The minimum atomic E-state index is 0. The summed E-state index contributed by atoms with van der Waals surface area (Å²) in [5.74, 6) is 0.100. The van der Waals surface area contributed by atoms with Crippen LogP contribution in [0.15, 0.2) is 12.1 Å². The molecule has 0 aliphatic carbocycles. The average molecular weight is 299 g/mol. The molecule has 0 heterocycles. The van der Waals surface area contributed by atoms with Crippen molar-refractivity contribution in [2.24, 2.45) is 0 Å². The summed E-state index contributed by atoms with van der Waals surface area (Å²) in [5, 5.41) is 3.02. The Morgan fingerprint density at radius 3 is 2.05 bits per heavy atom. The maximum absolute atomic E-state index is 11.9. The minimum absolute atomic E-state index is 0. The summed E-state index contributed by atoms with van der Waals surface area (Å²) in [6, 6.07) is 4.33. The van der Waals surface area contributed by atoms with Gasteiger partial charge in [0.1, 0.15) is 0 Å². The zero-order valence-electron chi connectivity index (χ0n) is 13.2. The fraction of sp³-hybridized carbons (Fsp3) is 0.562. The van der Waals surface area contributed by atoms with Gasteiger partial charge in [-0.3, -0.25) is 9.69 Å². The van der Waals surface area contributed by atoms with Crippen LogP contribution in [0.2, 0.25) is 0 Å². The molecule has 1 rings (SSSR count). The highest BCUT2D eigenvalue weighted by molar-refractivity contribution is 5.85. The van der Waals surface area contributed by atoms with Gasteiger partial charge in [0.15, 0.2) is 0 Å². The van der Waals surface area contributed by atoms with E-state index in [-0.39, 0.29) is 18.3 Å². The number of nitrogens with one attached hydrogen (secondary N) is 1. The molecule has 0 aromatic heterocycles. The van der Waals surface area contributed by atoms with Crippen molar-refractivity contribution in [2.75, 3.05) is 19.6 Å². The maximum Gasteiger partial charge on any atom is 0.234 e. The van der Waals surface area contributed by atoms with E-state index in [0.717, 1.165) is 13.1 Å². The number of carbonyl (C=O) groups excluding carboxylic acids is 1. The molecule has 0 unspecified atom stereocenters. The van der Waals surface area contributed by atoms with E-state index in [1.807, 2.05) is 0 Å². The number of halogens is 1. The van der Waals surface area contributed by atoms with E-state index in [2.05, 4.69) is 57.0 Å². The lowest BCUT2D eigenvalue weighted by Gasteiger charge is -2.18. The molecule has 1 aromatic carbocycles. The topological polar surface area (TPSA) is 32.3 Å². The van der Waals surface area contributed by atoms with Gasteiger partial charge in [-0.15, -0.1) is 12.4 Å². The molecule has 0 saturated heterocycles. The molecular formula is C16H27ClN2O. The Balaban J connectivity index is 0.00000361. The number of hydrogen-bond acceptors (Lipinski definition) is 2. The molecule has 0 fully saturated rings. The predicted molar refractivity (Wildman–Crippen MR) is 87.5 cm³/mol. The Morgan fingerprint density at radius 2 is 1.60 bits per heavy atom. The number of amides is 1. The molecule has 0 aliphatic heterocycles. The van der Waals surface area contributed by atoms with Crippen molar-refractivity contribution in [1.82, 2.24) is 10.2 Å². The fourth-order valence-corrected chi connectivity index (χ4v) is 2.38. The molecule has 0 saturated carbocycles. The summed E-state index contributed by atoms with van der Waals surface area (Å²) in [6.45, 7) is 13.4. The SMILES string of the molecule is CCN(CC)CC(=O)NCc1c(C)cc(C)cc1C.Cl. The molecule has 0 spiro atoms. The Morgan fingerprint density at radius 1 is 1.10 bits per heavy atom. The van der Waals surface area contributed by atoms with E-state index in [1.165, 1.54) is 22.3 Å². The smallest absolute Gasteiger partial charge is 0.234 e. The minimum Gasteiger partial charge on any atom is -0.351 e. The van der Waals surface area contributed by atoms with Gasteiger partial charge in [0, 0.05) is 6.54 Å². The van der Waals surface area contributed by atoms with Gasteiger partial charge in [-0.1, -0.05) is 31.5 Å². The summed E-state index contributed by atoms with van der Waals surface area (Å²) in [5.41, 5.74) is 5.01. The van der Waals surface area contributed by atoms with Crippen LogP contribution in [0.1, 0.15) is 36.1 Å². The third kappa shape index (κ3) is 5.51. The van der Waals surface area contributed by atoms with Crippen LogP contribution in [-0.2, 0) is 11.3 Å². The maximum atomic E-state index is 11.9. The second kappa shape index (κ2) is 8.98. The highest BCUT2D eigenvalue weighted by atomic mass is 35.5. The number of likely N-dealkylation sites (N-methyl/N-ethyl adjacent to an activating group) is 1. The fourth-order valence-electron chi connectivity index (χ4n) is 2.38. The zero-order valence-corrected chi connectivity index (χ0v) is 14.1. The molecule has 1 aromatic rings. The van der Waals surface area contributed by atoms with Gasteiger partial charge in [-0.05, 0) is 50.6 Å². The Hall–Kier alpha value is -1.06. The van der Waals surface area contributed by atoms with Gasteiger partial charge in [-0.2, -0.15) is 0 Å². The van der Waals surface area contributed by atoms with Gasteiger partial charge in [-0.25, -0.2) is 0 Å². The van der Waals surface area contributed by atoms with E-state index in [9.17, 15) is 4.79 Å². The van der Waals surface area contributed by atoms with Crippen molar-refractivity contribution >= 4 is 18.3 Å². The second-order valence-corrected chi connectivity index (χ2v) is 5.12. The molecule has 0 aliphatic rings. The molecule has 0 atom stereocenters. The molecule has 114 valence electrons. The molecular weight excluding hydrogens is 272 g/mol. The van der Waals surface area contributed by atoms with E-state index >= 15 is 0 Å². The predicted octanol–water partition coefficient (Wildman–Crippen LogP) is 2.99. The van der Waals surface area contributed by atoms with Gasteiger partial charge in [0.2, 0.25) is 5.91 Å². The molecule has 4 heteroatoms. The monoisotopic (exact) mass is 298 g/mol. The van der Waals surface area contributed by atoms with E-state index in [0.29, 0.717) is 13.1 Å². The standard InChI is InChI=1S/C16H26N2O.ClH/c1-6-18(7-2)11-16(19)17-10-15-13(4)8-12(3)9-14(15)5;/h8-9H,6-7,10-11H2,1-5H3,(H,17,19);1H. The first kappa shape index (κ1) is 18.9. The van der Waals surface area contributed by atoms with Gasteiger partial charge in [0.25, 0.3) is 0 Å². The Bertz CT molecular complexity index is 419. The van der Waals surface area contributed by atoms with Crippen molar-refractivity contribution in [3.63, 3.8) is 0 Å². The molecule has 1 amide bonds. The summed E-state index contributed by atoms with van der Waals surface area (Å²) >= 11 is 0. The Labute approximate surface area is 129 Å². The van der Waals surface area contributed by atoms with E-state index in [4.69, 9.17) is 0 Å². The van der Waals surface area contributed by atoms with Crippen molar-refractivity contribution in [1.29, 1.82) is 0 Å². The van der Waals surface area contributed by atoms with Crippen LogP contribution < -0.4 is 5.32 Å². The van der Waals surface area contributed by atoms with Crippen LogP contribution in [0.5, 0.6) is 0 Å².